The molecule has 0 aliphatic heterocycles. The Morgan fingerprint density at radius 3 is 2.38 bits per heavy atom. The van der Waals surface area contributed by atoms with Crippen LogP contribution in [0.15, 0.2) is 0 Å². The molecule has 3 nitrogen and oxygen atoms in total. The minimum absolute atomic E-state index is 0.0571. The Bertz CT molecular complexity index is 166. The highest BCUT2D eigenvalue weighted by atomic mass is 32.1. The molecular weight excluding hydrogens is 224 g/mol. The molecule has 0 aromatic heterocycles. The lowest BCUT2D eigenvalue weighted by Gasteiger charge is -2.22. The van der Waals surface area contributed by atoms with Crippen molar-refractivity contribution in [1.29, 1.82) is 0 Å². The molecule has 0 saturated heterocycles. The summed E-state index contributed by atoms with van der Waals surface area (Å²) in [5, 5.41) is -0.308. The van der Waals surface area contributed by atoms with Gasteiger partial charge in [-0.1, -0.05) is 25.4 Å². The largest absolute Gasteiger partial charge is 0.325 e. The van der Waals surface area contributed by atoms with Crippen LogP contribution in [0.4, 0.5) is 4.79 Å². The van der Waals surface area contributed by atoms with Crippen molar-refractivity contribution in [2.24, 2.45) is 0 Å². The molecule has 1 amide bonds. The van der Waals surface area contributed by atoms with Crippen LogP contribution in [0.2, 0.25) is 0 Å². The van der Waals surface area contributed by atoms with E-state index in [4.69, 9.17) is 0 Å². The molecule has 0 fully saturated rings. The van der Waals surface area contributed by atoms with Crippen LogP contribution >= 0.6 is 38.1 Å². The van der Waals surface area contributed by atoms with Gasteiger partial charge in [0.1, 0.15) is 0 Å². The molecule has 0 aliphatic carbocycles. The quantitative estimate of drug-likeness (QED) is 0.504. The van der Waals surface area contributed by atoms with E-state index in [-0.39, 0.29) is 10.6 Å². The fourth-order valence-electron chi connectivity index (χ4n) is 0.824. The third-order valence-electron chi connectivity index (χ3n) is 1.69. The maximum absolute atomic E-state index is 10.8. The zero-order valence-corrected chi connectivity index (χ0v) is 10.5. The highest BCUT2D eigenvalue weighted by Crippen LogP contribution is 2.11. The Kier molecular flexibility index (Phi) is 7.12. The van der Waals surface area contributed by atoms with Gasteiger partial charge in [-0.2, -0.15) is 12.6 Å². The van der Waals surface area contributed by atoms with Crippen LogP contribution in [-0.4, -0.2) is 40.5 Å². The van der Waals surface area contributed by atoms with E-state index in [0.717, 1.165) is 19.4 Å². The van der Waals surface area contributed by atoms with Crippen molar-refractivity contribution in [3.05, 3.63) is 0 Å². The molecule has 0 saturated carbocycles. The predicted molar refractivity (Wildman–Crippen MR) is 65.8 cm³/mol. The summed E-state index contributed by atoms with van der Waals surface area (Å²) in [5.41, 5.74) is 0. The summed E-state index contributed by atoms with van der Waals surface area (Å²) >= 11 is 12.1. The van der Waals surface area contributed by atoms with E-state index in [1.54, 1.807) is 7.05 Å². The average molecular weight is 240 g/mol. The SMILES string of the molecule is CN(S)CCCC(S)N(C)C(=O)S. The first-order valence-electron chi connectivity index (χ1n) is 3.99. The molecule has 0 N–H and O–H groups in total. The average Bonchev–Trinajstić information content (AvgIpc) is 2.02. The summed E-state index contributed by atoms with van der Waals surface area (Å²) < 4.78 is 1.81. The van der Waals surface area contributed by atoms with Crippen molar-refractivity contribution >= 4 is 43.3 Å². The third kappa shape index (κ3) is 6.54. The van der Waals surface area contributed by atoms with Gasteiger partial charge in [0.2, 0.25) is 0 Å². The normalized spacial score (nSPS) is 13.1. The van der Waals surface area contributed by atoms with Crippen molar-refractivity contribution in [3.8, 4) is 0 Å². The molecule has 1 atom stereocenters. The molecule has 0 rings (SSSR count). The lowest BCUT2D eigenvalue weighted by molar-refractivity contribution is 0.228. The fraction of sp³-hybridized carbons (Fsp3) is 0.857. The summed E-state index contributed by atoms with van der Waals surface area (Å²) in [7, 11) is 3.58. The number of hydrogen-bond acceptors (Lipinski definition) is 4. The summed E-state index contributed by atoms with van der Waals surface area (Å²) in [6.07, 6.45) is 1.80. The van der Waals surface area contributed by atoms with E-state index in [0.29, 0.717) is 0 Å². The van der Waals surface area contributed by atoms with Gasteiger partial charge in [0.05, 0.1) is 5.37 Å². The Morgan fingerprint density at radius 1 is 1.46 bits per heavy atom. The monoisotopic (exact) mass is 240 g/mol. The van der Waals surface area contributed by atoms with E-state index in [1.807, 2.05) is 11.4 Å². The van der Waals surface area contributed by atoms with Gasteiger partial charge in [0.25, 0.3) is 5.24 Å². The molecule has 0 aromatic carbocycles. The molecule has 0 spiro atoms. The fourth-order valence-corrected chi connectivity index (χ4v) is 1.48. The number of carbonyl (C=O) groups excluding carboxylic acids is 1. The van der Waals surface area contributed by atoms with Gasteiger partial charge in [-0.05, 0) is 19.9 Å². The van der Waals surface area contributed by atoms with Crippen LogP contribution in [0.25, 0.3) is 0 Å². The number of thiol groups is 3. The van der Waals surface area contributed by atoms with Crippen LogP contribution in [0.5, 0.6) is 0 Å². The van der Waals surface area contributed by atoms with Gasteiger partial charge >= 0.3 is 0 Å². The second-order valence-electron chi connectivity index (χ2n) is 2.90. The van der Waals surface area contributed by atoms with Gasteiger partial charge in [-0.15, -0.1) is 0 Å². The standard InChI is InChI=1S/C7H16N2OS3/c1-8(13)5-3-4-6(11)9(2)7(10)12/h6,11,13H,3-5H2,1-2H3,(H,10,12). The first-order chi connectivity index (χ1) is 5.95. The van der Waals surface area contributed by atoms with Crippen LogP contribution in [0.3, 0.4) is 0 Å². The highest BCUT2D eigenvalue weighted by molar-refractivity contribution is 7.96. The van der Waals surface area contributed by atoms with Crippen molar-refractivity contribution in [2.45, 2.75) is 18.2 Å². The molecule has 0 aliphatic rings. The number of hydrogen-bond donors (Lipinski definition) is 3. The molecule has 13 heavy (non-hydrogen) atoms. The number of carbonyl (C=O) groups is 1. The summed E-state index contributed by atoms with van der Waals surface area (Å²) in [6.45, 7) is 0.884. The number of rotatable bonds is 5. The van der Waals surface area contributed by atoms with Crippen molar-refractivity contribution in [1.82, 2.24) is 9.21 Å². The number of amides is 1. The zero-order chi connectivity index (χ0) is 10.4. The van der Waals surface area contributed by atoms with E-state index in [1.165, 1.54) is 4.90 Å². The Morgan fingerprint density at radius 2 is 2.00 bits per heavy atom. The molecule has 0 bridgehead atoms. The van der Waals surface area contributed by atoms with E-state index < -0.39 is 0 Å². The van der Waals surface area contributed by atoms with Gasteiger partial charge in [-0.25, -0.2) is 0 Å². The summed E-state index contributed by atoms with van der Waals surface area (Å²) in [6, 6.07) is 0. The Balaban J connectivity index is 3.61. The maximum atomic E-state index is 10.8. The van der Waals surface area contributed by atoms with Gasteiger partial charge < -0.3 is 4.90 Å². The van der Waals surface area contributed by atoms with Gasteiger partial charge in [0.15, 0.2) is 0 Å². The van der Waals surface area contributed by atoms with Crippen LogP contribution < -0.4 is 0 Å². The number of nitrogens with zero attached hydrogens (tertiary/aromatic N) is 2. The Labute approximate surface area is 96.2 Å². The summed E-state index contributed by atoms with van der Waals surface area (Å²) in [4.78, 5) is 12.3. The van der Waals surface area contributed by atoms with Crippen molar-refractivity contribution < 1.29 is 4.79 Å². The molecule has 0 radical (unpaired) electrons. The highest BCUT2D eigenvalue weighted by Gasteiger charge is 2.12. The maximum Gasteiger partial charge on any atom is 0.279 e. The molecular formula is C7H16N2OS3. The van der Waals surface area contributed by atoms with Crippen LogP contribution in [0, 0.1) is 0 Å². The summed E-state index contributed by atoms with van der Waals surface area (Å²) in [5.74, 6) is 0. The van der Waals surface area contributed by atoms with E-state index >= 15 is 0 Å². The van der Waals surface area contributed by atoms with Crippen LogP contribution in [-0.2, 0) is 0 Å². The van der Waals surface area contributed by atoms with Crippen molar-refractivity contribution in [3.63, 3.8) is 0 Å². The molecule has 0 heterocycles. The smallest absolute Gasteiger partial charge is 0.279 e. The van der Waals surface area contributed by atoms with E-state index in [9.17, 15) is 4.79 Å². The lowest BCUT2D eigenvalue weighted by Crippen LogP contribution is -2.29. The predicted octanol–water partition coefficient (Wildman–Crippen LogP) is 1.78. The zero-order valence-electron chi connectivity index (χ0n) is 7.84. The molecule has 6 heteroatoms. The first kappa shape index (κ1) is 13.5. The first-order valence-corrected chi connectivity index (χ1v) is 5.35. The molecule has 0 aromatic rings. The Hall–Kier alpha value is 0.480. The van der Waals surface area contributed by atoms with E-state index in [2.05, 4.69) is 38.1 Å². The van der Waals surface area contributed by atoms with Gasteiger partial charge in [-0.3, -0.25) is 9.10 Å². The minimum atomic E-state index is -0.251. The molecule has 1 unspecified atom stereocenters. The third-order valence-corrected chi connectivity index (χ3v) is 2.81. The molecule has 78 valence electrons. The van der Waals surface area contributed by atoms with Crippen LogP contribution in [0.1, 0.15) is 12.8 Å². The van der Waals surface area contributed by atoms with Gasteiger partial charge in [0, 0.05) is 13.6 Å². The topological polar surface area (TPSA) is 23.6 Å². The second-order valence-corrected chi connectivity index (χ2v) is 4.56. The lowest BCUT2D eigenvalue weighted by atomic mass is 10.3. The second kappa shape index (κ2) is 6.86. The minimum Gasteiger partial charge on any atom is -0.325 e. The van der Waals surface area contributed by atoms with Crippen molar-refractivity contribution in [2.75, 3.05) is 20.6 Å².